The van der Waals surface area contributed by atoms with Gasteiger partial charge in [0.1, 0.15) is 0 Å². The summed E-state index contributed by atoms with van der Waals surface area (Å²) < 4.78 is 0. The number of carbonyl (C=O) groups excluding carboxylic acids is 2. The Morgan fingerprint density at radius 3 is 2.43 bits per heavy atom. The number of hydrogen-bond acceptors (Lipinski definition) is 3. The first-order valence-electron chi connectivity index (χ1n) is 10.2. The highest BCUT2D eigenvalue weighted by molar-refractivity contribution is 6.06. The fourth-order valence-electron chi connectivity index (χ4n) is 4.23. The molecule has 2 N–H and O–H groups in total. The molecule has 0 aliphatic carbocycles. The largest absolute Gasteiger partial charge is 0.349 e. The Hall–Kier alpha value is -2.66. The average molecular weight is 377 g/mol. The van der Waals surface area contributed by atoms with Crippen molar-refractivity contribution in [3.63, 3.8) is 0 Å². The lowest BCUT2D eigenvalue weighted by Gasteiger charge is -2.27. The molecular weight excluding hydrogens is 350 g/mol. The van der Waals surface area contributed by atoms with Gasteiger partial charge in [-0.2, -0.15) is 0 Å². The minimum Gasteiger partial charge on any atom is -0.349 e. The van der Waals surface area contributed by atoms with Gasteiger partial charge in [0.2, 0.25) is 5.91 Å². The van der Waals surface area contributed by atoms with E-state index < -0.39 is 0 Å². The molecule has 2 aliphatic rings. The zero-order chi connectivity index (χ0) is 19.3. The van der Waals surface area contributed by atoms with Crippen molar-refractivity contribution in [3.05, 3.63) is 65.7 Å². The van der Waals surface area contributed by atoms with Gasteiger partial charge in [0.25, 0.3) is 5.91 Å². The van der Waals surface area contributed by atoms with Crippen molar-refractivity contribution in [3.8, 4) is 0 Å². The molecule has 2 aromatic carbocycles. The molecule has 146 valence electrons. The van der Waals surface area contributed by atoms with Gasteiger partial charge in [0.15, 0.2) is 0 Å². The minimum atomic E-state index is -0.0489. The number of piperidine rings is 1. The molecule has 0 saturated carbocycles. The maximum absolute atomic E-state index is 13.1. The lowest BCUT2D eigenvalue weighted by molar-refractivity contribution is -0.126. The van der Waals surface area contributed by atoms with Crippen LogP contribution in [0.4, 0.5) is 5.69 Å². The summed E-state index contributed by atoms with van der Waals surface area (Å²) in [5.74, 6) is 0.237. The molecule has 1 unspecified atom stereocenters. The number of hydrogen-bond donors (Lipinski definition) is 2. The second-order valence-corrected chi connectivity index (χ2v) is 7.61. The highest BCUT2D eigenvalue weighted by Crippen LogP contribution is 2.34. The highest BCUT2D eigenvalue weighted by Gasteiger charge is 2.29. The van der Waals surface area contributed by atoms with E-state index in [4.69, 9.17) is 0 Å². The molecule has 0 radical (unpaired) electrons. The van der Waals surface area contributed by atoms with E-state index in [1.807, 2.05) is 59.5 Å². The van der Waals surface area contributed by atoms with Gasteiger partial charge in [-0.3, -0.25) is 9.59 Å². The summed E-state index contributed by atoms with van der Waals surface area (Å²) in [6.45, 7) is 2.46. The van der Waals surface area contributed by atoms with Crippen LogP contribution in [0.25, 0.3) is 0 Å². The molecule has 5 nitrogen and oxygen atoms in total. The highest BCUT2D eigenvalue weighted by atomic mass is 16.2. The smallest absolute Gasteiger partial charge is 0.258 e. The zero-order valence-electron chi connectivity index (χ0n) is 16.1. The van der Waals surface area contributed by atoms with Crippen molar-refractivity contribution in [2.24, 2.45) is 5.92 Å². The molecule has 5 heteroatoms. The first kappa shape index (κ1) is 18.7. The van der Waals surface area contributed by atoms with E-state index >= 15 is 0 Å². The second-order valence-electron chi connectivity index (χ2n) is 7.61. The Morgan fingerprint density at radius 1 is 0.929 bits per heavy atom. The minimum absolute atomic E-state index is 0.0124. The summed E-state index contributed by atoms with van der Waals surface area (Å²) in [4.78, 5) is 27.8. The average Bonchev–Trinajstić information content (AvgIpc) is 2.94. The van der Waals surface area contributed by atoms with Crippen LogP contribution < -0.4 is 15.5 Å². The summed E-state index contributed by atoms with van der Waals surface area (Å²) in [6, 6.07) is 17.3. The summed E-state index contributed by atoms with van der Waals surface area (Å²) in [5, 5.41) is 6.59. The summed E-state index contributed by atoms with van der Waals surface area (Å²) in [7, 11) is 0. The van der Waals surface area contributed by atoms with Gasteiger partial charge in [-0.15, -0.1) is 0 Å². The molecule has 2 amide bonds. The van der Waals surface area contributed by atoms with E-state index in [-0.39, 0.29) is 23.8 Å². The Kier molecular flexibility index (Phi) is 5.72. The number of nitrogens with zero attached hydrogens (tertiary/aromatic N) is 1. The number of carbonyl (C=O) groups is 2. The number of benzene rings is 2. The predicted molar refractivity (Wildman–Crippen MR) is 110 cm³/mol. The zero-order valence-corrected chi connectivity index (χ0v) is 16.1. The molecule has 1 atom stereocenters. The van der Waals surface area contributed by atoms with Crippen molar-refractivity contribution in [2.45, 2.75) is 31.7 Å². The third-order valence-electron chi connectivity index (χ3n) is 5.77. The SMILES string of the molecule is O=C(NC1CCCN(C(=O)c2ccccc2)c2ccccc21)C1CCNCC1. The monoisotopic (exact) mass is 377 g/mol. The van der Waals surface area contributed by atoms with Crippen LogP contribution in [0.5, 0.6) is 0 Å². The molecule has 1 saturated heterocycles. The van der Waals surface area contributed by atoms with Gasteiger partial charge < -0.3 is 15.5 Å². The Labute approximate surface area is 166 Å². The molecule has 28 heavy (non-hydrogen) atoms. The van der Waals surface area contributed by atoms with Crippen molar-refractivity contribution in [1.29, 1.82) is 0 Å². The number of fused-ring (bicyclic) bond motifs is 1. The van der Waals surface area contributed by atoms with Gasteiger partial charge >= 0.3 is 0 Å². The quantitative estimate of drug-likeness (QED) is 0.863. The van der Waals surface area contributed by atoms with Crippen LogP contribution in [-0.2, 0) is 4.79 Å². The number of amides is 2. The maximum Gasteiger partial charge on any atom is 0.258 e. The first-order chi connectivity index (χ1) is 13.7. The Morgan fingerprint density at radius 2 is 1.64 bits per heavy atom. The van der Waals surface area contributed by atoms with Crippen molar-refractivity contribution < 1.29 is 9.59 Å². The maximum atomic E-state index is 13.1. The first-order valence-corrected chi connectivity index (χ1v) is 10.2. The molecule has 1 fully saturated rings. The molecular formula is C23H27N3O2. The van der Waals surface area contributed by atoms with Crippen molar-refractivity contribution in [2.75, 3.05) is 24.5 Å². The van der Waals surface area contributed by atoms with Crippen LogP contribution in [0.2, 0.25) is 0 Å². The summed E-state index contributed by atoms with van der Waals surface area (Å²) in [6.07, 6.45) is 3.47. The summed E-state index contributed by atoms with van der Waals surface area (Å²) in [5.41, 5.74) is 2.63. The molecule has 2 heterocycles. The van der Waals surface area contributed by atoms with Crippen LogP contribution in [0.3, 0.4) is 0 Å². The normalized spacial score (nSPS) is 20.1. The van der Waals surface area contributed by atoms with Crippen LogP contribution in [0.15, 0.2) is 54.6 Å². The van der Waals surface area contributed by atoms with Crippen LogP contribution in [0.1, 0.15) is 47.6 Å². The topological polar surface area (TPSA) is 61.4 Å². The number of para-hydroxylation sites is 1. The fraction of sp³-hybridized carbons (Fsp3) is 0.391. The van der Waals surface area contributed by atoms with Crippen LogP contribution in [0, 0.1) is 5.92 Å². The lowest BCUT2D eigenvalue weighted by atomic mass is 9.95. The third-order valence-corrected chi connectivity index (χ3v) is 5.77. The van der Waals surface area contributed by atoms with E-state index in [1.165, 1.54) is 0 Å². The molecule has 0 spiro atoms. The number of anilines is 1. The van der Waals surface area contributed by atoms with Gasteiger partial charge in [0, 0.05) is 23.7 Å². The van der Waals surface area contributed by atoms with E-state index in [0.29, 0.717) is 12.1 Å². The Bertz CT molecular complexity index is 831. The van der Waals surface area contributed by atoms with Crippen molar-refractivity contribution >= 4 is 17.5 Å². The van der Waals surface area contributed by atoms with E-state index in [1.54, 1.807) is 0 Å². The van der Waals surface area contributed by atoms with Gasteiger partial charge in [-0.1, -0.05) is 36.4 Å². The molecule has 2 aliphatic heterocycles. The number of rotatable bonds is 3. The molecule has 0 aromatic heterocycles. The fourth-order valence-corrected chi connectivity index (χ4v) is 4.23. The van der Waals surface area contributed by atoms with Gasteiger partial charge in [-0.25, -0.2) is 0 Å². The second kappa shape index (κ2) is 8.57. The Balaban J connectivity index is 1.58. The van der Waals surface area contributed by atoms with Crippen LogP contribution >= 0.6 is 0 Å². The van der Waals surface area contributed by atoms with E-state index in [2.05, 4.69) is 10.6 Å². The summed E-state index contributed by atoms with van der Waals surface area (Å²) >= 11 is 0. The van der Waals surface area contributed by atoms with Crippen LogP contribution in [-0.4, -0.2) is 31.4 Å². The van der Waals surface area contributed by atoms with E-state index in [9.17, 15) is 9.59 Å². The molecule has 4 rings (SSSR count). The van der Waals surface area contributed by atoms with Gasteiger partial charge in [-0.05, 0) is 62.5 Å². The number of nitrogens with one attached hydrogen (secondary N) is 2. The predicted octanol–water partition coefficient (Wildman–Crippen LogP) is 3.28. The van der Waals surface area contributed by atoms with Gasteiger partial charge in [0.05, 0.1) is 6.04 Å². The lowest BCUT2D eigenvalue weighted by Crippen LogP contribution is -2.39. The van der Waals surface area contributed by atoms with Crippen molar-refractivity contribution in [1.82, 2.24) is 10.6 Å². The van der Waals surface area contributed by atoms with E-state index in [0.717, 1.165) is 50.0 Å². The molecule has 2 aromatic rings. The molecule has 0 bridgehead atoms. The standard InChI is InChI=1S/C23H27N3O2/c27-22(17-12-14-24-15-13-17)25-20-10-6-16-26(21-11-5-4-9-19(20)21)23(28)18-7-2-1-3-8-18/h1-5,7-9,11,17,20,24H,6,10,12-16H2,(H,25,27). The third kappa shape index (κ3) is 3.94.